The molecule has 1 saturated heterocycles. The highest BCUT2D eigenvalue weighted by molar-refractivity contribution is 7.89. The average molecular weight is 491 g/mol. The summed E-state index contributed by atoms with van der Waals surface area (Å²) in [5.41, 5.74) is 0.147. The second kappa shape index (κ2) is 8.01. The third kappa shape index (κ3) is 3.81. The fourth-order valence-corrected chi connectivity index (χ4v) is 6.00. The van der Waals surface area contributed by atoms with Crippen molar-refractivity contribution in [3.63, 3.8) is 0 Å². The molecule has 0 bridgehead atoms. The Labute approximate surface area is 193 Å². The molecular weight excluding hydrogens is 472 g/mol. The van der Waals surface area contributed by atoms with Crippen LogP contribution in [0.1, 0.15) is 30.4 Å². The molecule has 33 heavy (non-hydrogen) atoms. The topological polar surface area (TPSA) is 135 Å². The van der Waals surface area contributed by atoms with E-state index in [2.05, 4.69) is 10.1 Å². The summed E-state index contributed by atoms with van der Waals surface area (Å²) in [6.45, 7) is 0.824. The molecule has 0 spiro atoms. The number of aromatic hydroxyl groups is 1. The van der Waals surface area contributed by atoms with Crippen LogP contribution in [0.5, 0.6) is 17.2 Å². The van der Waals surface area contributed by atoms with Gasteiger partial charge in [-0.05, 0) is 31.0 Å². The number of aromatic nitrogens is 3. The fraction of sp³-hybridized carbons (Fsp3) is 0.286. The number of phenols is 1. The molecule has 0 amide bonds. The Morgan fingerprint density at radius 1 is 1.06 bits per heavy atom. The second-order valence-electron chi connectivity index (χ2n) is 7.94. The van der Waals surface area contributed by atoms with E-state index in [0.717, 1.165) is 30.1 Å². The molecule has 2 aliphatic rings. The Kier molecular flexibility index (Phi) is 5.26. The molecule has 0 aliphatic carbocycles. The largest absolute Gasteiger partial charge is 0.507 e. The van der Waals surface area contributed by atoms with E-state index in [1.807, 2.05) is 0 Å². The quantitative estimate of drug-likeness (QED) is 0.449. The molecule has 1 aromatic heterocycles. The molecule has 0 atom stereocenters. The number of hydrogen-bond acceptors (Lipinski definition) is 7. The molecule has 0 saturated carbocycles. The first-order valence-corrected chi connectivity index (χ1v) is 12.1. The second-order valence-corrected chi connectivity index (χ2v) is 10.3. The van der Waals surface area contributed by atoms with Crippen LogP contribution in [0.15, 0.2) is 44.9 Å². The summed E-state index contributed by atoms with van der Waals surface area (Å²) in [4.78, 5) is 25.3. The van der Waals surface area contributed by atoms with E-state index in [4.69, 9.17) is 16.3 Å². The Bertz CT molecular complexity index is 1490. The number of aromatic amines is 1. The van der Waals surface area contributed by atoms with Gasteiger partial charge >= 0.3 is 5.69 Å². The van der Waals surface area contributed by atoms with Crippen molar-refractivity contribution in [2.45, 2.75) is 30.6 Å². The lowest BCUT2D eigenvalue weighted by Crippen LogP contribution is -2.35. The van der Waals surface area contributed by atoms with Gasteiger partial charge in [0.25, 0.3) is 5.56 Å². The Morgan fingerprint density at radius 2 is 1.82 bits per heavy atom. The highest BCUT2D eigenvalue weighted by Gasteiger charge is 2.31. The van der Waals surface area contributed by atoms with Gasteiger partial charge in [-0.25, -0.2) is 13.2 Å². The first-order valence-electron chi connectivity index (χ1n) is 10.3. The lowest BCUT2D eigenvalue weighted by atomic mass is 9.99. The zero-order valence-electron chi connectivity index (χ0n) is 17.2. The van der Waals surface area contributed by atoms with Gasteiger partial charge in [-0.1, -0.05) is 18.0 Å². The van der Waals surface area contributed by atoms with Crippen molar-refractivity contribution in [1.29, 1.82) is 0 Å². The molecule has 2 N–H and O–H groups in total. The van der Waals surface area contributed by atoms with E-state index in [9.17, 15) is 23.1 Å². The number of nitrogens with one attached hydrogen (secondary N) is 1. The Hall–Kier alpha value is -3.15. The highest BCUT2D eigenvalue weighted by Crippen LogP contribution is 2.45. The highest BCUT2D eigenvalue weighted by atomic mass is 35.5. The predicted molar refractivity (Wildman–Crippen MR) is 119 cm³/mol. The molecule has 12 heteroatoms. The summed E-state index contributed by atoms with van der Waals surface area (Å²) < 4.78 is 34.5. The maximum absolute atomic E-state index is 13.1. The first kappa shape index (κ1) is 21.7. The summed E-state index contributed by atoms with van der Waals surface area (Å²) >= 11 is 6.41. The van der Waals surface area contributed by atoms with E-state index in [1.54, 1.807) is 6.07 Å². The average Bonchev–Trinajstić information content (AvgIpc) is 2.78. The number of phenolic OH excluding ortho intramolecular Hbond substituents is 1. The number of halogens is 1. The van der Waals surface area contributed by atoms with Crippen LogP contribution in [0.2, 0.25) is 5.02 Å². The van der Waals surface area contributed by atoms with Gasteiger partial charge in [0.05, 0.1) is 10.7 Å². The number of nitrogens with zero attached hydrogens (tertiary/aromatic N) is 3. The third-order valence-corrected chi connectivity index (χ3v) is 7.94. The van der Waals surface area contributed by atoms with Crippen molar-refractivity contribution in [1.82, 2.24) is 19.1 Å². The summed E-state index contributed by atoms with van der Waals surface area (Å²) in [5, 5.41) is 14.6. The molecule has 2 aromatic carbocycles. The van der Waals surface area contributed by atoms with Gasteiger partial charge in [0.2, 0.25) is 10.0 Å². The molecule has 3 aromatic rings. The van der Waals surface area contributed by atoms with Crippen LogP contribution < -0.4 is 16.0 Å². The normalized spacial score (nSPS) is 16.0. The van der Waals surface area contributed by atoms with Crippen LogP contribution in [0.3, 0.4) is 0 Å². The summed E-state index contributed by atoms with van der Waals surface area (Å²) in [6, 6.07) is 5.80. The lowest BCUT2D eigenvalue weighted by molar-refractivity contribution is 0.344. The zero-order chi connectivity index (χ0) is 23.3. The standard InChI is InChI=1S/C21H19ClN4O6S/c22-15-9-14(26-21(29)24-19(28)11-23-26)7-13-6-12-8-16(27)18(10-17(12)32-20(13)15)33(30,31)25-4-2-1-3-5-25/h7-11,27H,1-6H2,(H,24,28,29). The number of piperidine rings is 1. The SMILES string of the molecule is O=c1cnn(-c2cc(Cl)c3c(c2)Cc2cc(O)c(S(=O)(=O)N4CCCCC4)cc2O3)c(=O)[nH]1. The van der Waals surface area contributed by atoms with Gasteiger partial charge in [0.1, 0.15) is 28.3 Å². The van der Waals surface area contributed by atoms with Gasteiger partial charge in [-0.15, -0.1) is 0 Å². The van der Waals surface area contributed by atoms with Crippen LogP contribution in [0, 0.1) is 0 Å². The van der Waals surface area contributed by atoms with Crippen molar-refractivity contribution < 1.29 is 18.3 Å². The van der Waals surface area contributed by atoms with Crippen LogP contribution in [0.25, 0.3) is 5.69 Å². The molecule has 1 fully saturated rings. The molecule has 0 unspecified atom stereocenters. The van der Waals surface area contributed by atoms with Crippen molar-refractivity contribution in [3.8, 4) is 22.9 Å². The number of fused-ring (bicyclic) bond motifs is 2. The van der Waals surface area contributed by atoms with Crippen LogP contribution in [-0.4, -0.2) is 45.7 Å². The lowest BCUT2D eigenvalue weighted by Gasteiger charge is -2.27. The maximum Gasteiger partial charge on any atom is 0.349 e. The number of hydrogen-bond donors (Lipinski definition) is 2. The summed E-state index contributed by atoms with van der Waals surface area (Å²) in [5.74, 6) is 0.245. The minimum absolute atomic E-state index is 0.182. The van der Waals surface area contributed by atoms with E-state index in [0.29, 0.717) is 35.7 Å². The van der Waals surface area contributed by atoms with Crippen molar-refractivity contribution in [2.24, 2.45) is 0 Å². The Morgan fingerprint density at radius 3 is 2.55 bits per heavy atom. The smallest absolute Gasteiger partial charge is 0.349 e. The fourth-order valence-electron chi connectivity index (χ4n) is 4.13. The van der Waals surface area contributed by atoms with E-state index >= 15 is 0 Å². The Balaban J connectivity index is 1.54. The molecule has 3 heterocycles. The van der Waals surface area contributed by atoms with Gasteiger partial charge in [-0.2, -0.15) is 14.1 Å². The number of ether oxygens (including phenoxy) is 1. The number of H-pyrrole nitrogens is 1. The first-order chi connectivity index (χ1) is 15.7. The molecule has 2 aliphatic heterocycles. The molecule has 172 valence electrons. The minimum atomic E-state index is -3.87. The van der Waals surface area contributed by atoms with Crippen molar-refractivity contribution in [3.05, 3.63) is 67.4 Å². The molecular formula is C21H19ClN4O6S. The monoisotopic (exact) mass is 490 g/mol. The van der Waals surface area contributed by atoms with Gasteiger partial charge in [-0.3, -0.25) is 9.78 Å². The predicted octanol–water partition coefficient (Wildman–Crippen LogP) is 2.15. The summed E-state index contributed by atoms with van der Waals surface area (Å²) in [7, 11) is -3.87. The van der Waals surface area contributed by atoms with E-state index in [1.165, 1.54) is 22.5 Å². The van der Waals surface area contributed by atoms with E-state index < -0.39 is 21.3 Å². The zero-order valence-corrected chi connectivity index (χ0v) is 18.8. The minimum Gasteiger partial charge on any atom is -0.507 e. The third-order valence-electron chi connectivity index (χ3n) is 5.73. The van der Waals surface area contributed by atoms with Crippen LogP contribution in [0.4, 0.5) is 0 Å². The number of benzene rings is 2. The van der Waals surface area contributed by atoms with Gasteiger partial charge < -0.3 is 9.84 Å². The van der Waals surface area contributed by atoms with Crippen LogP contribution in [-0.2, 0) is 16.4 Å². The summed E-state index contributed by atoms with van der Waals surface area (Å²) in [6.07, 6.45) is 3.78. The molecule has 5 rings (SSSR count). The van der Waals surface area contributed by atoms with E-state index in [-0.39, 0.29) is 27.8 Å². The van der Waals surface area contributed by atoms with Crippen LogP contribution >= 0.6 is 11.6 Å². The molecule has 0 radical (unpaired) electrons. The van der Waals surface area contributed by atoms with Crippen molar-refractivity contribution in [2.75, 3.05) is 13.1 Å². The maximum atomic E-state index is 13.1. The van der Waals surface area contributed by atoms with Gasteiger partial charge in [0.15, 0.2) is 0 Å². The molecule has 10 nitrogen and oxygen atoms in total. The number of sulfonamides is 1. The van der Waals surface area contributed by atoms with Crippen molar-refractivity contribution >= 4 is 21.6 Å². The number of rotatable bonds is 3. The van der Waals surface area contributed by atoms with Gasteiger partial charge in [0, 0.05) is 36.7 Å².